The number of hydrogen-bond acceptors (Lipinski definition) is 5. The molecule has 16 heavy (non-hydrogen) atoms. The van der Waals surface area contributed by atoms with Crippen LogP contribution in [0.15, 0.2) is 0 Å². The van der Waals surface area contributed by atoms with Crippen LogP contribution in [-0.4, -0.2) is 64.0 Å². The Morgan fingerprint density at radius 2 is 1.88 bits per heavy atom. The number of nitrogens with zero attached hydrogens (tertiary/aromatic N) is 1. The summed E-state index contributed by atoms with van der Waals surface area (Å²) in [6, 6.07) is 0. The fourth-order valence-corrected chi connectivity index (χ4v) is 2.88. The maximum absolute atomic E-state index is 11.2. The second kappa shape index (κ2) is 6.54. The van der Waals surface area contributed by atoms with Gasteiger partial charge in [-0.25, -0.2) is 8.42 Å². The van der Waals surface area contributed by atoms with Crippen molar-refractivity contribution < 1.29 is 17.9 Å². The van der Waals surface area contributed by atoms with Crippen molar-refractivity contribution in [3.8, 4) is 0 Å². The van der Waals surface area contributed by atoms with Gasteiger partial charge in [0.25, 0.3) is 0 Å². The molecule has 1 aliphatic heterocycles. The molecule has 1 fully saturated rings. The third-order valence-corrected chi connectivity index (χ3v) is 4.21. The Bertz CT molecular complexity index is 277. The van der Waals surface area contributed by atoms with Crippen LogP contribution in [0.25, 0.3) is 0 Å². The Labute approximate surface area is 97.6 Å². The first-order chi connectivity index (χ1) is 7.53. The molecule has 6 heteroatoms. The van der Waals surface area contributed by atoms with E-state index in [0.717, 1.165) is 6.54 Å². The molecule has 0 aliphatic carbocycles. The van der Waals surface area contributed by atoms with Crippen molar-refractivity contribution in [2.45, 2.75) is 20.1 Å². The van der Waals surface area contributed by atoms with Gasteiger partial charge in [-0.15, -0.1) is 0 Å². The lowest BCUT2D eigenvalue weighted by Gasteiger charge is -2.26. The second-order valence-corrected chi connectivity index (χ2v) is 6.19. The number of sulfone groups is 1. The lowest BCUT2D eigenvalue weighted by molar-refractivity contribution is -0.129. The van der Waals surface area contributed by atoms with Gasteiger partial charge in [-0.2, -0.15) is 0 Å². The van der Waals surface area contributed by atoms with Crippen LogP contribution in [0.5, 0.6) is 0 Å². The van der Waals surface area contributed by atoms with Gasteiger partial charge in [0.2, 0.25) is 0 Å². The fraction of sp³-hybridized carbons (Fsp3) is 1.00. The Balaban J connectivity index is 2.11. The Kier molecular flexibility index (Phi) is 5.68. The monoisotopic (exact) mass is 251 g/mol. The first kappa shape index (κ1) is 13.9. The molecule has 1 saturated heterocycles. The molecule has 5 nitrogen and oxygen atoms in total. The largest absolute Gasteiger partial charge is 0.353 e. The van der Waals surface area contributed by atoms with Gasteiger partial charge < -0.3 is 9.47 Å². The molecule has 1 heterocycles. The summed E-state index contributed by atoms with van der Waals surface area (Å²) in [6.45, 7) is 7.03. The van der Waals surface area contributed by atoms with E-state index in [0.29, 0.717) is 26.3 Å². The lowest BCUT2D eigenvalue weighted by Crippen LogP contribution is -2.42. The van der Waals surface area contributed by atoms with Gasteiger partial charge in [0.15, 0.2) is 16.1 Å². The molecule has 0 aromatic carbocycles. The van der Waals surface area contributed by atoms with E-state index in [2.05, 4.69) is 4.90 Å². The zero-order valence-corrected chi connectivity index (χ0v) is 10.8. The predicted molar refractivity (Wildman–Crippen MR) is 62.1 cm³/mol. The molecule has 0 aromatic heterocycles. The standard InChI is InChI=1S/C10H21NO4S/c1-3-14-10(2)15-7-4-11-5-8-16(12,13)9-6-11/h10H,3-9H2,1-2H3. The molecule has 0 bridgehead atoms. The molecule has 0 saturated carbocycles. The average Bonchev–Trinajstić information content (AvgIpc) is 2.21. The van der Waals surface area contributed by atoms with E-state index in [9.17, 15) is 8.42 Å². The minimum absolute atomic E-state index is 0.182. The van der Waals surface area contributed by atoms with Crippen molar-refractivity contribution in [2.24, 2.45) is 0 Å². The van der Waals surface area contributed by atoms with Crippen LogP contribution < -0.4 is 0 Å². The molecule has 1 unspecified atom stereocenters. The minimum atomic E-state index is -2.77. The lowest BCUT2D eigenvalue weighted by atomic mass is 10.5. The molecule has 0 amide bonds. The number of ether oxygens (including phenoxy) is 2. The van der Waals surface area contributed by atoms with Crippen LogP contribution in [0.3, 0.4) is 0 Å². The van der Waals surface area contributed by atoms with Crippen LogP contribution in [-0.2, 0) is 19.3 Å². The SMILES string of the molecule is CCOC(C)OCCN1CCS(=O)(=O)CC1. The quantitative estimate of drug-likeness (QED) is 0.627. The van der Waals surface area contributed by atoms with Crippen molar-refractivity contribution in [1.29, 1.82) is 0 Å². The van der Waals surface area contributed by atoms with Crippen molar-refractivity contribution in [3.05, 3.63) is 0 Å². The van der Waals surface area contributed by atoms with Crippen LogP contribution in [0.4, 0.5) is 0 Å². The average molecular weight is 251 g/mol. The van der Waals surface area contributed by atoms with Gasteiger partial charge >= 0.3 is 0 Å². The minimum Gasteiger partial charge on any atom is -0.353 e. The zero-order valence-electron chi connectivity index (χ0n) is 10.0. The van der Waals surface area contributed by atoms with Crippen LogP contribution >= 0.6 is 0 Å². The molecule has 1 atom stereocenters. The summed E-state index contributed by atoms with van der Waals surface area (Å²) in [5.41, 5.74) is 0. The van der Waals surface area contributed by atoms with E-state index in [1.807, 2.05) is 13.8 Å². The highest BCUT2D eigenvalue weighted by Crippen LogP contribution is 2.03. The summed E-state index contributed by atoms with van der Waals surface area (Å²) in [5, 5.41) is 0. The molecule has 0 spiro atoms. The van der Waals surface area contributed by atoms with Crippen molar-refractivity contribution in [2.75, 3.05) is 44.4 Å². The van der Waals surface area contributed by atoms with E-state index in [4.69, 9.17) is 9.47 Å². The predicted octanol–water partition coefficient (Wildman–Crippen LogP) is 0.116. The molecular formula is C10H21NO4S. The Morgan fingerprint density at radius 3 is 2.44 bits per heavy atom. The molecule has 1 aliphatic rings. The highest BCUT2D eigenvalue weighted by atomic mass is 32.2. The van der Waals surface area contributed by atoms with E-state index >= 15 is 0 Å². The van der Waals surface area contributed by atoms with Gasteiger partial charge in [-0.3, -0.25) is 4.90 Å². The Morgan fingerprint density at radius 1 is 1.25 bits per heavy atom. The molecule has 0 N–H and O–H groups in total. The zero-order chi connectivity index (χ0) is 12.0. The molecule has 0 aromatic rings. The Hall–Kier alpha value is -0.170. The summed E-state index contributed by atoms with van der Waals surface area (Å²) in [6.07, 6.45) is -0.182. The third kappa shape index (κ3) is 5.25. The summed E-state index contributed by atoms with van der Waals surface area (Å²) < 4.78 is 33.0. The van der Waals surface area contributed by atoms with Gasteiger partial charge in [-0.05, 0) is 13.8 Å². The summed E-state index contributed by atoms with van der Waals surface area (Å²) in [5.74, 6) is 0.544. The van der Waals surface area contributed by atoms with Gasteiger partial charge in [0.1, 0.15) is 0 Å². The van der Waals surface area contributed by atoms with Crippen molar-refractivity contribution in [1.82, 2.24) is 4.90 Å². The number of hydrogen-bond donors (Lipinski definition) is 0. The first-order valence-electron chi connectivity index (χ1n) is 5.69. The van der Waals surface area contributed by atoms with Gasteiger partial charge in [0, 0.05) is 26.2 Å². The van der Waals surface area contributed by atoms with Crippen molar-refractivity contribution >= 4 is 9.84 Å². The molecule has 96 valence electrons. The van der Waals surface area contributed by atoms with Gasteiger partial charge in [-0.1, -0.05) is 0 Å². The summed E-state index contributed by atoms with van der Waals surface area (Å²) in [7, 11) is -2.77. The van der Waals surface area contributed by atoms with Crippen LogP contribution in [0.1, 0.15) is 13.8 Å². The smallest absolute Gasteiger partial charge is 0.154 e. The maximum atomic E-state index is 11.2. The number of rotatable bonds is 6. The van der Waals surface area contributed by atoms with E-state index in [1.165, 1.54) is 0 Å². The first-order valence-corrected chi connectivity index (χ1v) is 7.51. The highest BCUT2D eigenvalue weighted by Gasteiger charge is 2.21. The fourth-order valence-electron chi connectivity index (χ4n) is 1.60. The van der Waals surface area contributed by atoms with E-state index < -0.39 is 9.84 Å². The van der Waals surface area contributed by atoms with Crippen LogP contribution in [0.2, 0.25) is 0 Å². The van der Waals surface area contributed by atoms with E-state index in [-0.39, 0.29) is 17.8 Å². The molecule has 1 rings (SSSR count). The molecule has 0 radical (unpaired) electrons. The van der Waals surface area contributed by atoms with E-state index in [1.54, 1.807) is 0 Å². The second-order valence-electron chi connectivity index (χ2n) is 3.89. The summed E-state index contributed by atoms with van der Waals surface area (Å²) in [4.78, 5) is 2.11. The normalized spacial score (nSPS) is 23.1. The topological polar surface area (TPSA) is 55.8 Å². The summed E-state index contributed by atoms with van der Waals surface area (Å²) >= 11 is 0. The molecular weight excluding hydrogens is 230 g/mol. The van der Waals surface area contributed by atoms with Gasteiger partial charge in [0.05, 0.1) is 18.1 Å². The van der Waals surface area contributed by atoms with Crippen molar-refractivity contribution in [3.63, 3.8) is 0 Å². The third-order valence-electron chi connectivity index (χ3n) is 2.60. The van der Waals surface area contributed by atoms with Crippen LogP contribution in [0, 0.1) is 0 Å². The maximum Gasteiger partial charge on any atom is 0.154 e. The highest BCUT2D eigenvalue weighted by molar-refractivity contribution is 7.91.